The summed E-state index contributed by atoms with van der Waals surface area (Å²) < 4.78 is 44.6. The molecule has 0 aromatic carbocycles. The third kappa shape index (κ3) is 23.9. The van der Waals surface area contributed by atoms with Crippen LogP contribution in [0, 0.1) is 124 Å². The summed E-state index contributed by atoms with van der Waals surface area (Å²) in [7, 11) is 3.50. The molecular weight excluding hydrogens is 1140 g/mol. The van der Waals surface area contributed by atoms with Crippen molar-refractivity contribution in [1.29, 1.82) is 0 Å². The Labute approximate surface area is 571 Å². The predicted molar refractivity (Wildman–Crippen MR) is 386 cm³/mol. The van der Waals surface area contributed by atoms with Crippen molar-refractivity contribution in [2.75, 3.05) is 67.1 Å². The highest BCUT2D eigenvalue weighted by Gasteiger charge is 2.53. The number of rotatable bonds is 21. The predicted octanol–water partition coefficient (Wildman–Crippen LogP) is 22.1. The van der Waals surface area contributed by atoms with Gasteiger partial charge >= 0.3 is 0 Å². The van der Waals surface area contributed by atoms with Gasteiger partial charge in [-0.25, -0.2) is 0 Å². The quantitative estimate of drug-likeness (QED) is 0.113. The fraction of sp³-hybridized carbons (Fsp3) is 1.00. The molecule has 8 heteroatoms. The van der Waals surface area contributed by atoms with E-state index in [1.807, 2.05) is 6.92 Å². The van der Waals surface area contributed by atoms with E-state index in [1.165, 1.54) is 173 Å². The topological polar surface area (TPSA) is 73.8 Å². The van der Waals surface area contributed by atoms with Gasteiger partial charge in [0.2, 0.25) is 0 Å². The first-order valence-electron chi connectivity index (χ1n) is 41.0. The van der Waals surface area contributed by atoms with Gasteiger partial charge in [0.1, 0.15) is 0 Å². The van der Waals surface area contributed by atoms with Gasteiger partial charge in [0.05, 0.1) is 42.7 Å². The third-order valence-corrected chi connectivity index (χ3v) is 27.5. The van der Waals surface area contributed by atoms with Crippen molar-refractivity contribution in [2.45, 2.75) is 345 Å². The molecule has 18 rings (SSSR count). The van der Waals surface area contributed by atoms with E-state index in [0.717, 1.165) is 153 Å². The van der Waals surface area contributed by atoms with Gasteiger partial charge in [-0.05, 0) is 347 Å². The molecule has 18 saturated carbocycles. The fourth-order valence-electron chi connectivity index (χ4n) is 23.1. The maximum atomic E-state index is 6.04. The zero-order valence-electron chi connectivity index (χ0n) is 64.0. The van der Waals surface area contributed by atoms with E-state index in [1.54, 1.807) is 46.3 Å². The minimum atomic E-state index is 0.351. The second kappa shape index (κ2) is 40.2. The van der Waals surface area contributed by atoms with Crippen LogP contribution in [0.1, 0.15) is 309 Å². The molecule has 6 atom stereocenters. The molecule has 0 heterocycles. The van der Waals surface area contributed by atoms with Crippen LogP contribution in [0.15, 0.2) is 0 Å². The normalized spacial score (nSPS) is 39.7. The smallest absolute Gasteiger partial charge is 0.0690 e. The molecule has 92 heavy (non-hydrogen) atoms. The summed E-state index contributed by atoms with van der Waals surface area (Å²) in [5.41, 5.74) is 0.980. The number of ether oxygens (including phenoxy) is 8. The molecule has 540 valence electrons. The molecule has 0 spiro atoms. The number of methoxy groups -OCH3 is 2. The SMILES string of the molecule is CCC(C)C(C)OC.CCOC(C)C(C)C.CCOC12CC3CC(CC(C3)C1)C2.CCOC1C2CC3CC(C2)CC1C3.CCOC1CCCC(C2CCCCC2)C1.CCOCC12CC3CC(CC(C3)C1)C2.CCOCC1C2CC3CC(C2)CC1C3.COC(C)C(C)C. The largest absolute Gasteiger partial charge is 0.381 e. The molecule has 0 aromatic heterocycles. The Hall–Kier alpha value is -0.320. The van der Waals surface area contributed by atoms with Gasteiger partial charge in [-0.3, -0.25) is 0 Å². The molecule has 0 N–H and O–H groups in total. The molecule has 18 aliphatic rings. The first kappa shape index (κ1) is 79.0. The van der Waals surface area contributed by atoms with Crippen molar-refractivity contribution in [2.24, 2.45) is 124 Å². The van der Waals surface area contributed by atoms with Crippen molar-refractivity contribution in [1.82, 2.24) is 0 Å². The monoisotopic (exact) mass is 1290 g/mol. The Bertz CT molecular complexity index is 1790. The van der Waals surface area contributed by atoms with Gasteiger partial charge in [0.15, 0.2) is 0 Å². The minimum Gasteiger partial charge on any atom is -0.381 e. The number of hydrogen-bond acceptors (Lipinski definition) is 8. The van der Waals surface area contributed by atoms with Crippen LogP contribution >= 0.6 is 0 Å². The first-order chi connectivity index (χ1) is 44.3. The Balaban J connectivity index is 0.000000151. The summed E-state index contributed by atoms with van der Waals surface area (Å²) in [6.07, 6.45) is 49.7. The van der Waals surface area contributed by atoms with E-state index in [0.29, 0.717) is 59.3 Å². The standard InChI is InChI=1S/C14H26O.2C13H22O.2C12H20O.2C7H16O.C6H14O/c1-2-15-14-10-6-9-13(11-14)12-7-4-3-5-8-12;1-2-14-9-13-6-10-3-11(7-13)5-12(4-10)8-13;1-2-14-8-13-11-4-9-3-10(6-11)7-12(13)5-9;1-2-13-12-6-9-3-10(7-12)5-11(4-9)8-12;1-2-13-12-10-4-8-3-9(6-10)7-11(12)5-8;1-5-6(2)7(3)8-4;1-5-8-7(4)6(2)3;1-5(2)6(3)7-4/h12-14H,2-11H2,1H3;10-12H,2-9H2,1H3;9-13H,2-8H2,1H3;9-11H,2-8H2,1H3;8-12H,2-7H2,1H3;2*6-7H,5H2,1-4H3;5-6H,1-4H3. The second-order valence-electron chi connectivity index (χ2n) is 35.0. The summed E-state index contributed by atoms with van der Waals surface area (Å²) in [6, 6.07) is 0. The zero-order chi connectivity index (χ0) is 66.4. The summed E-state index contributed by atoms with van der Waals surface area (Å²) in [5, 5.41) is 0. The van der Waals surface area contributed by atoms with Gasteiger partial charge in [-0.1, -0.05) is 86.5 Å². The minimum absolute atomic E-state index is 0.351. The van der Waals surface area contributed by atoms with Crippen LogP contribution in [-0.2, 0) is 37.9 Å². The maximum absolute atomic E-state index is 6.04. The number of hydrogen-bond donors (Lipinski definition) is 0. The Morgan fingerprint density at radius 1 is 0.359 bits per heavy atom. The van der Waals surface area contributed by atoms with Crippen LogP contribution in [0.5, 0.6) is 0 Å². The van der Waals surface area contributed by atoms with Crippen molar-refractivity contribution < 1.29 is 37.9 Å². The average Bonchev–Trinajstić information content (AvgIpc) is 0.783. The van der Waals surface area contributed by atoms with Crippen LogP contribution in [0.25, 0.3) is 0 Å². The van der Waals surface area contributed by atoms with Crippen LogP contribution in [0.2, 0.25) is 0 Å². The molecule has 0 aromatic rings. The highest BCUT2D eigenvalue weighted by atomic mass is 16.5. The summed E-state index contributed by atoms with van der Waals surface area (Å²) in [4.78, 5) is 0. The van der Waals surface area contributed by atoms with Crippen LogP contribution in [-0.4, -0.2) is 103 Å². The van der Waals surface area contributed by atoms with E-state index in [2.05, 4.69) is 96.9 Å². The lowest BCUT2D eigenvalue weighted by Crippen LogP contribution is -2.51. The lowest BCUT2D eigenvalue weighted by molar-refractivity contribution is -0.159. The van der Waals surface area contributed by atoms with E-state index in [4.69, 9.17) is 37.9 Å². The zero-order valence-corrected chi connectivity index (χ0v) is 64.0. The lowest BCUT2D eigenvalue weighted by Gasteiger charge is -2.56. The Morgan fingerprint density at radius 3 is 1.16 bits per heavy atom. The molecule has 18 fully saturated rings. The molecule has 6 unspecified atom stereocenters. The van der Waals surface area contributed by atoms with Gasteiger partial charge in [0.25, 0.3) is 0 Å². The third-order valence-electron chi connectivity index (χ3n) is 27.5. The maximum Gasteiger partial charge on any atom is 0.0690 e. The van der Waals surface area contributed by atoms with E-state index in [-0.39, 0.29) is 0 Å². The Morgan fingerprint density at radius 2 is 0.793 bits per heavy atom. The molecule has 16 bridgehead atoms. The van der Waals surface area contributed by atoms with Crippen LogP contribution in [0.3, 0.4) is 0 Å². The molecule has 0 amide bonds. The van der Waals surface area contributed by atoms with E-state index >= 15 is 0 Å². The van der Waals surface area contributed by atoms with Gasteiger partial charge in [0, 0.05) is 60.5 Å². The average molecular weight is 1290 g/mol. The molecule has 0 radical (unpaired) electrons. The molecule has 8 nitrogen and oxygen atoms in total. The van der Waals surface area contributed by atoms with Crippen LogP contribution < -0.4 is 0 Å². The molecule has 0 aliphatic heterocycles. The summed E-state index contributed by atoms with van der Waals surface area (Å²) in [6.45, 7) is 39.5. The van der Waals surface area contributed by atoms with Gasteiger partial charge < -0.3 is 37.9 Å². The molecule has 18 aliphatic carbocycles. The van der Waals surface area contributed by atoms with Crippen LogP contribution in [0.4, 0.5) is 0 Å². The van der Waals surface area contributed by atoms with E-state index in [9.17, 15) is 0 Å². The highest BCUT2D eigenvalue weighted by molar-refractivity contribution is 5.04. The molecular formula is C84H156O8. The first-order valence-corrected chi connectivity index (χ1v) is 41.0. The summed E-state index contributed by atoms with van der Waals surface area (Å²) >= 11 is 0. The van der Waals surface area contributed by atoms with Crippen molar-refractivity contribution in [3.8, 4) is 0 Å². The van der Waals surface area contributed by atoms with Crippen molar-refractivity contribution >= 4 is 0 Å². The molecule has 0 saturated heterocycles. The fourth-order valence-corrected chi connectivity index (χ4v) is 23.1. The summed E-state index contributed by atoms with van der Waals surface area (Å²) in [5.74, 6) is 19.6. The van der Waals surface area contributed by atoms with Crippen molar-refractivity contribution in [3.05, 3.63) is 0 Å². The van der Waals surface area contributed by atoms with Crippen molar-refractivity contribution in [3.63, 3.8) is 0 Å². The Kier molecular flexibility index (Phi) is 34.5. The second-order valence-corrected chi connectivity index (χ2v) is 35.0. The van der Waals surface area contributed by atoms with E-state index < -0.39 is 0 Å². The highest BCUT2D eigenvalue weighted by Crippen LogP contribution is 2.61. The lowest BCUT2D eigenvalue weighted by atomic mass is 9.50. The van der Waals surface area contributed by atoms with Gasteiger partial charge in [-0.2, -0.15) is 0 Å². The van der Waals surface area contributed by atoms with Gasteiger partial charge in [-0.15, -0.1) is 0 Å².